The fraction of sp³-hybridized carbons (Fsp3) is 0.444. The SMILES string of the molecule is COc1ccc(CCNc2cc(C)nc(N3CCOCC3)n2)cc1. The third-order valence-electron chi connectivity index (χ3n) is 4.02. The van der Waals surface area contributed by atoms with Crippen molar-refractivity contribution in [2.75, 3.05) is 50.2 Å². The molecule has 6 nitrogen and oxygen atoms in total. The van der Waals surface area contributed by atoms with E-state index in [1.165, 1.54) is 5.56 Å². The van der Waals surface area contributed by atoms with Crippen LogP contribution in [-0.4, -0.2) is 49.9 Å². The van der Waals surface area contributed by atoms with Gasteiger partial charge in [-0.2, -0.15) is 4.98 Å². The van der Waals surface area contributed by atoms with Crippen molar-refractivity contribution in [2.24, 2.45) is 0 Å². The van der Waals surface area contributed by atoms with Gasteiger partial charge in [0.25, 0.3) is 0 Å². The Morgan fingerprint density at radius 1 is 1.17 bits per heavy atom. The highest BCUT2D eigenvalue weighted by Crippen LogP contribution is 2.16. The average Bonchev–Trinajstić information content (AvgIpc) is 2.63. The van der Waals surface area contributed by atoms with Crippen LogP contribution >= 0.6 is 0 Å². The van der Waals surface area contributed by atoms with E-state index in [0.717, 1.165) is 62.5 Å². The molecule has 0 spiro atoms. The van der Waals surface area contributed by atoms with Crippen molar-refractivity contribution in [3.63, 3.8) is 0 Å². The molecule has 2 heterocycles. The second-order valence-corrected chi connectivity index (χ2v) is 5.82. The molecule has 1 aromatic carbocycles. The highest BCUT2D eigenvalue weighted by Gasteiger charge is 2.14. The number of anilines is 2. The maximum absolute atomic E-state index is 5.39. The van der Waals surface area contributed by atoms with Gasteiger partial charge in [0, 0.05) is 31.4 Å². The molecule has 0 bridgehead atoms. The largest absolute Gasteiger partial charge is 0.497 e. The van der Waals surface area contributed by atoms with Gasteiger partial charge in [-0.1, -0.05) is 12.1 Å². The molecule has 0 radical (unpaired) electrons. The molecule has 1 saturated heterocycles. The highest BCUT2D eigenvalue weighted by molar-refractivity contribution is 5.44. The van der Waals surface area contributed by atoms with Gasteiger partial charge < -0.3 is 19.7 Å². The Bertz CT molecular complexity index is 655. The van der Waals surface area contributed by atoms with E-state index >= 15 is 0 Å². The van der Waals surface area contributed by atoms with Crippen molar-refractivity contribution in [1.82, 2.24) is 9.97 Å². The summed E-state index contributed by atoms with van der Waals surface area (Å²) in [4.78, 5) is 11.4. The number of aryl methyl sites for hydroxylation is 1. The fourth-order valence-corrected chi connectivity index (χ4v) is 2.68. The quantitative estimate of drug-likeness (QED) is 0.878. The lowest BCUT2D eigenvalue weighted by molar-refractivity contribution is 0.122. The van der Waals surface area contributed by atoms with Crippen LogP contribution in [0.1, 0.15) is 11.3 Å². The number of nitrogens with one attached hydrogen (secondary N) is 1. The number of hydrogen-bond donors (Lipinski definition) is 1. The molecule has 0 unspecified atom stereocenters. The van der Waals surface area contributed by atoms with Crippen LogP contribution in [0.4, 0.5) is 11.8 Å². The Balaban J connectivity index is 1.58. The number of morpholine rings is 1. The summed E-state index contributed by atoms with van der Waals surface area (Å²) in [5.41, 5.74) is 2.24. The summed E-state index contributed by atoms with van der Waals surface area (Å²) in [6.07, 6.45) is 0.930. The van der Waals surface area contributed by atoms with Gasteiger partial charge in [0.05, 0.1) is 20.3 Å². The monoisotopic (exact) mass is 328 g/mol. The molecule has 24 heavy (non-hydrogen) atoms. The van der Waals surface area contributed by atoms with E-state index in [0.29, 0.717) is 0 Å². The van der Waals surface area contributed by atoms with Crippen LogP contribution in [0.2, 0.25) is 0 Å². The Labute approximate surface area is 142 Å². The number of rotatable bonds is 6. The summed E-state index contributed by atoms with van der Waals surface area (Å²) in [5.74, 6) is 2.54. The van der Waals surface area contributed by atoms with Crippen LogP contribution in [-0.2, 0) is 11.2 Å². The third-order valence-corrected chi connectivity index (χ3v) is 4.02. The number of nitrogens with zero attached hydrogens (tertiary/aromatic N) is 3. The number of aromatic nitrogens is 2. The lowest BCUT2D eigenvalue weighted by Gasteiger charge is -2.27. The zero-order valence-corrected chi connectivity index (χ0v) is 14.3. The molecular weight excluding hydrogens is 304 g/mol. The minimum atomic E-state index is 0.734. The molecule has 1 aliphatic heterocycles. The van der Waals surface area contributed by atoms with E-state index in [1.54, 1.807) is 7.11 Å². The molecule has 0 aliphatic carbocycles. The Morgan fingerprint density at radius 2 is 1.92 bits per heavy atom. The van der Waals surface area contributed by atoms with Crippen LogP contribution < -0.4 is 15.0 Å². The normalized spacial score (nSPS) is 14.5. The van der Waals surface area contributed by atoms with E-state index in [1.807, 2.05) is 25.1 Å². The van der Waals surface area contributed by atoms with Crippen molar-refractivity contribution in [3.8, 4) is 5.75 Å². The molecule has 6 heteroatoms. The number of benzene rings is 1. The third kappa shape index (κ3) is 4.35. The minimum absolute atomic E-state index is 0.734. The second-order valence-electron chi connectivity index (χ2n) is 5.82. The van der Waals surface area contributed by atoms with Gasteiger partial charge >= 0.3 is 0 Å². The van der Waals surface area contributed by atoms with Gasteiger partial charge in [0.2, 0.25) is 5.95 Å². The zero-order valence-electron chi connectivity index (χ0n) is 14.3. The molecule has 0 atom stereocenters. The summed E-state index contributed by atoms with van der Waals surface area (Å²) < 4.78 is 10.6. The van der Waals surface area contributed by atoms with Crippen molar-refractivity contribution in [2.45, 2.75) is 13.3 Å². The van der Waals surface area contributed by atoms with Gasteiger partial charge in [-0.05, 0) is 31.0 Å². The fourth-order valence-electron chi connectivity index (χ4n) is 2.68. The maximum atomic E-state index is 5.39. The van der Waals surface area contributed by atoms with E-state index in [4.69, 9.17) is 9.47 Å². The van der Waals surface area contributed by atoms with E-state index in [2.05, 4.69) is 32.3 Å². The van der Waals surface area contributed by atoms with Crippen LogP contribution in [0.3, 0.4) is 0 Å². The number of ether oxygens (including phenoxy) is 2. The zero-order chi connectivity index (χ0) is 16.8. The summed E-state index contributed by atoms with van der Waals surface area (Å²) >= 11 is 0. The summed E-state index contributed by atoms with van der Waals surface area (Å²) in [6.45, 7) is 5.98. The predicted molar refractivity (Wildman–Crippen MR) is 95.0 cm³/mol. The van der Waals surface area contributed by atoms with Gasteiger partial charge in [-0.15, -0.1) is 0 Å². The molecule has 1 aliphatic rings. The van der Waals surface area contributed by atoms with Crippen molar-refractivity contribution in [3.05, 3.63) is 41.6 Å². The van der Waals surface area contributed by atoms with Crippen LogP contribution in [0.25, 0.3) is 0 Å². The Hall–Kier alpha value is -2.34. The van der Waals surface area contributed by atoms with E-state index in [-0.39, 0.29) is 0 Å². The predicted octanol–water partition coefficient (Wildman–Crippen LogP) is 2.28. The maximum Gasteiger partial charge on any atom is 0.227 e. The van der Waals surface area contributed by atoms with E-state index in [9.17, 15) is 0 Å². The first-order chi connectivity index (χ1) is 11.7. The lowest BCUT2D eigenvalue weighted by atomic mass is 10.1. The molecule has 1 fully saturated rings. The van der Waals surface area contributed by atoms with E-state index < -0.39 is 0 Å². The van der Waals surface area contributed by atoms with Gasteiger partial charge in [0.15, 0.2) is 0 Å². The second kappa shape index (κ2) is 7.97. The van der Waals surface area contributed by atoms with Gasteiger partial charge in [-0.25, -0.2) is 4.98 Å². The number of hydrogen-bond acceptors (Lipinski definition) is 6. The van der Waals surface area contributed by atoms with Crippen molar-refractivity contribution < 1.29 is 9.47 Å². The topological polar surface area (TPSA) is 59.5 Å². The molecule has 128 valence electrons. The standard InChI is InChI=1S/C18H24N4O2/c1-14-13-17(21-18(20-14)22-9-11-24-12-10-22)19-8-7-15-3-5-16(23-2)6-4-15/h3-6,13H,7-12H2,1-2H3,(H,19,20,21). The van der Waals surface area contributed by atoms with Crippen molar-refractivity contribution >= 4 is 11.8 Å². The first-order valence-electron chi connectivity index (χ1n) is 8.30. The first-order valence-corrected chi connectivity index (χ1v) is 8.30. The molecule has 1 aromatic heterocycles. The average molecular weight is 328 g/mol. The lowest BCUT2D eigenvalue weighted by Crippen LogP contribution is -2.37. The van der Waals surface area contributed by atoms with Crippen LogP contribution in [0.5, 0.6) is 5.75 Å². The van der Waals surface area contributed by atoms with Gasteiger partial charge in [-0.3, -0.25) is 0 Å². The van der Waals surface area contributed by atoms with Crippen molar-refractivity contribution in [1.29, 1.82) is 0 Å². The molecule has 0 amide bonds. The van der Waals surface area contributed by atoms with Gasteiger partial charge in [0.1, 0.15) is 11.6 Å². The van der Waals surface area contributed by atoms with Crippen LogP contribution in [0.15, 0.2) is 30.3 Å². The molecule has 0 saturated carbocycles. The smallest absolute Gasteiger partial charge is 0.227 e. The first kappa shape index (κ1) is 16.5. The van der Waals surface area contributed by atoms with Crippen LogP contribution in [0, 0.1) is 6.92 Å². The summed E-state index contributed by atoms with van der Waals surface area (Å²) in [6, 6.07) is 10.1. The molecular formula is C18H24N4O2. The highest BCUT2D eigenvalue weighted by atomic mass is 16.5. The number of methoxy groups -OCH3 is 1. The molecule has 3 rings (SSSR count). The summed E-state index contributed by atoms with van der Waals surface area (Å²) in [7, 11) is 1.68. The summed E-state index contributed by atoms with van der Waals surface area (Å²) in [5, 5.41) is 3.40. The molecule has 2 aromatic rings. The Kier molecular flexibility index (Phi) is 5.48. The Morgan fingerprint density at radius 3 is 2.62 bits per heavy atom. The minimum Gasteiger partial charge on any atom is -0.497 e. The molecule has 1 N–H and O–H groups in total.